The highest BCUT2D eigenvalue weighted by atomic mass is 19.1. The number of carbonyl (C=O) groups excluding carboxylic acids is 1. The molecular formula is C12H14FNO5. The molecule has 0 spiro atoms. The SMILES string of the molecule is CCOC(=O)C(C)(C)Oc1ccc(F)c([N+](=O)[O-])c1. The molecule has 0 amide bonds. The van der Waals surface area contributed by atoms with Gasteiger partial charge in [-0.05, 0) is 32.9 Å². The molecule has 104 valence electrons. The highest BCUT2D eigenvalue weighted by Crippen LogP contribution is 2.26. The van der Waals surface area contributed by atoms with Gasteiger partial charge in [-0.1, -0.05) is 0 Å². The average Bonchev–Trinajstić information content (AvgIpc) is 2.31. The van der Waals surface area contributed by atoms with Crippen molar-refractivity contribution in [2.45, 2.75) is 26.4 Å². The summed E-state index contributed by atoms with van der Waals surface area (Å²) in [7, 11) is 0. The zero-order chi connectivity index (χ0) is 14.6. The van der Waals surface area contributed by atoms with Crippen LogP contribution in [0, 0.1) is 15.9 Å². The number of hydrogen-bond donors (Lipinski definition) is 0. The Morgan fingerprint density at radius 2 is 2.11 bits per heavy atom. The maximum Gasteiger partial charge on any atom is 0.349 e. The summed E-state index contributed by atoms with van der Waals surface area (Å²) in [5, 5.41) is 10.6. The van der Waals surface area contributed by atoms with Crippen LogP contribution in [-0.4, -0.2) is 23.1 Å². The maximum atomic E-state index is 13.1. The third-order valence-corrected chi connectivity index (χ3v) is 2.25. The summed E-state index contributed by atoms with van der Waals surface area (Å²) in [6.07, 6.45) is 0. The Bertz CT molecular complexity index is 501. The van der Waals surface area contributed by atoms with Crippen molar-refractivity contribution in [1.82, 2.24) is 0 Å². The Labute approximate surface area is 109 Å². The van der Waals surface area contributed by atoms with E-state index in [4.69, 9.17) is 9.47 Å². The van der Waals surface area contributed by atoms with Crippen LogP contribution in [0.15, 0.2) is 18.2 Å². The van der Waals surface area contributed by atoms with E-state index in [-0.39, 0.29) is 12.4 Å². The Kier molecular flexibility index (Phi) is 4.42. The van der Waals surface area contributed by atoms with Crippen LogP contribution in [0.25, 0.3) is 0 Å². The van der Waals surface area contributed by atoms with Crippen molar-refractivity contribution in [2.75, 3.05) is 6.61 Å². The first-order valence-electron chi connectivity index (χ1n) is 5.58. The van der Waals surface area contributed by atoms with Gasteiger partial charge in [0, 0.05) is 0 Å². The molecule has 6 nitrogen and oxygen atoms in total. The first-order valence-corrected chi connectivity index (χ1v) is 5.58. The molecule has 0 N–H and O–H groups in total. The molecule has 0 saturated carbocycles. The topological polar surface area (TPSA) is 78.7 Å². The van der Waals surface area contributed by atoms with Crippen molar-refractivity contribution >= 4 is 11.7 Å². The van der Waals surface area contributed by atoms with E-state index in [9.17, 15) is 19.3 Å². The van der Waals surface area contributed by atoms with E-state index in [1.165, 1.54) is 19.9 Å². The van der Waals surface area contributed by atoms with Crippen LogP contribution < -0.4 is 4.74 Å². The summed E-state index contributed by atoms with van der Waals surface area (Å²) >= 11 is 0. The predicted octanol–water partition coefficient (Wildman–Crippen LogP) is 2.45. The maximum absolute atomic E-state index is 13.1. The number of nitro benzene ring substituents is 1. The Balaban J connectivity index is 2.96. The van der Waals surface area contributed by atoms with E-state index >= 15 is 0 Å². The van der Waals surface area contributed by atoms with Gasteiger partial charge in [-0.15, -0.1) is 0 Å². The monoisotopic (exact) mass is 271 g/mol. The van der Waals surface area contributed by atoms with Gasteiger partial charge in [-0.25, -0.2) is 4.79 Å². The molecule has 0 aliphatic carbocycles. The van der Waals surface area contributed by atoms with E-state index in [1.807, 2.05) is 0 Å². The molecule has 1 aromatic carbocycles. The van der Waals surface area contributed by atoms with E-state index in [1.54, 1.807) is 6.92 Å². The van der Waals surface area contributed by atoms with Crippen molar-refractivity contribution in [1.29, 1.82) is 0 Å². The molecule has 0 radical (unpaired) electrons. The third kappa shape index (κ3) is 3.64. The van der Waals surface area contributed by atoms with E-state index in [2.05, 4.69) is 0 Å². The molecule has 0 aromatic heterocycles. The van der Waals surface area contributed by atoms with E-state index in [0.29, 0.717) is 0 Å². The minimum Gasteiger partial charge on any atom is -0.476 e. The quantitative estimate of drug-likeness (QED) is 0.467. The number of nitrogens with zero attached hydrogens (tertiary/aromatic N) is 1. The van der Waals surface area contributed by atoms with Crippen LogP contribution in [-0.2, 0) is 9.53 Å². The van der Waals surface area contributed by atoms with Crippen molar-refractivity contribution in [3.63, 3.8) is 0 Å². The zero-order valence-corrected chi connectivity index (χ0v) is 10.8. The third-order valence-electron chi connectivity index (χ3n) is 2.25. The van der Waals surface area contributed by atoms with E-state index in [0.717, 1.165) is 12.1 Å². The van der Waals surface area contributed by atoms with Gasteiger partial charge < -0.3 is 9.47 Å². The van der Waals surface area contributed by atoms with Crippen LogP contribution in [0.5, 0.6) is 5.75 Å². The number of carbonyl (C=O) groups is 1. The summed E-state index contributed by atoms with van der Waals surface area (Å²) < 4.78 is 23.3. The van der Waals surface area contributed by atoms with Crippen LogP contribution in [0.2, 0.25) is 0 Å². The number of benzene rings is 1. The number of halogens is 1. The largest absolute Gasteiger partial charge is 0.476 e. The van der Waals surface area contributed by atoms with Gasteiger partial charge in [0.25, 0.3) is 0 Å². The summed E-state index contributed by atoms with van der Waals surface area (Å²) in [5.41, 5.74) is -2.03. The predicted molar refractivity (Wildman–Crippen MR) is 64.4 cm³/mol. The van der Waals surface area contributed by atoms with Crippen molar-refractivity contribution in [2.24, 2.45) is 0 Å². The summed E-state index contributed by atoms with van der Waals surface area (Å²) in [5.74, 6) is -1.56. The second-order valence-electron chi connectivity index (χ2n) is 4.20. The summed E-state index contributed by atoms with van der Waals surface area (Å²) in [4.78, 5) is 21.3. The molecule has 0 aliphatic rings. The van der Waals surface area contributed by atoms with Gasteiger partial charge >= 0.3 is 11.7 Å². The molecular weight excluding hydrogens is 257 g/mol. The smallest absolute Gasteiger partial charge is 0.349 e. The number of rotatable bonds is 5. The van der Waals surface area contributed by atoms with Gasteiger partial charge in [0.05, 0.1) is 17.6 Å². The lowest BCUT2D eigenvalue weighted by Crippen LogP contribution is -2.39. The second kappa shape index (κ2) is 5.64. The summed E-state index contributed by atoms with van der Waals surface area (Å²) in [6.45, 7) is 4.76. The average molecular weight is 271 g/mol. The zero-order valence-electron chi connectivity index (χ0n) is 10.8. The fourth-order valence-corrected chi connectivity index (χ4v) is 1.34. The molecule has 1 rings (SSSR count). The molecule has 19 heavy (non-hydrogen) atoms. The lowest BCUT2D eigenvalue weighted by molar-refractivity contribution is -0.387. The van der Waals surface area contributed by atoms with Gasteiger partial charge in [0.2, 0.25) is 5.82 Å². The van der Waals surface area contributed by atoms with Crippen molar-refractivity contribution < 1.29 is 23.6 Å². The molecule has 7 heteroatoms. The summed E-state index contributed by atoms with van der Waals surface area (Å²) in [6, 6.07) is 3.05. The number of ether oxygens (including phenoxy) is 2. The Morgan fingerprint density at radius 3 is 2.63 bits per heavy atom. The van der Waals surface area contributed by atoms with Crippen LogP contribution in [0.3, 0.4) is 0 Å². The minimum absolute atomic E-state index is 0.0196. The minimum atomic E-state index is -1.32. The van der Waals surface area contributed by atoms with E-state index < -0.39 is 28.0 Å². The number of nitro groups is 1. The standard InChI is InChI=1S/C12H14FNO5/c1-4-18-11(15)12(2,3)19-8-5-6-9(13)10(7-8)14(16)17/h5-7H,4H2,1-3H3. The molecule has 0 unspecified atom stereocenters. The number of esters is 1. The fourth-order valence-electron chi connectivity index (χ4n) is 1.34. The molecule has 0 bridgehead atoms. The molecule has 0 saturated heterocycles. The first-order chi connectivity index (χ1) is 8.77. The molecule has 0 atom stereocenters. The number of hydrogen-bond acceptors (Lipinski definition) is 5. The van der Waals surface area contributed by atoms with Crippen molar-refractivity contribution in [3.8, 4) is 5.75 Å². The first kappa shape index (κ1) is 14.9. The molecule has 0 fully saturated rings. The van der Waals surface area contributed by atoms with Crippen LogP contribution in [0.4, 0.5) is 10.1 Å². The Morgan fingerprint density at radius 1 is 1.47 bits per heavy atom. The van der Waals surface area contributed by atoms with Crippen molar-refractivity contribution in [3.05, 3.63) is 34.1 Å². The van der Waals surface area contributed by atoms with Gasteiger partial charge in [-0.2, -0.15) is 4.39 Å². The highest BCUT2D eigenvalue weighted by molar-refractivity contribution is 5.79. The van der Waals surface area contributed by atoms with Crippen LogP contribution in [0.1, 0.15) is 20.8 Å². The van der Waals surface area contributed by atoms with Crippen LogP contribution >= 0.6 is 0 Å². The lowest BCUT2D eigenvalue weighted by Gasteiger charge is -2.23. The fraction of sp³-hybridized carbons (Fsp3) is 0.417. The van der Waals surface area contributed by atoms with Gasteiger partial charge in [-0.3, -0.25) is 10.1 Å². The molecule has 0 aliphatic heterocycles. The molecule has 1 aromatic rings. The highest BCUT2D eigenvalue weighted by Gasteiger charge is 2.32. The lowest BCUT2D eigenvalue weighted by atomic mass is 10.1. The second-order valence-corrected chi connectivity index (χ2v) is 4.20. The Hall–Kier alpha value is -2.18. The molecule has 0 heterocycles. The van der Waals surface area contributed by atoms with Gasteiger partial charge in [0.15, 0.2) is 5.60 Å². The van der Waals surface area contributed by atoms with Gasteiger partial charge in [0.1, 0.15) is 5.75 Å². The normalized spacial score (nSPS) is 10.9.